The molecule has 0 unspecified atom stereocenters. The lowest BCUT2D eigenvalue weighted by Gasteiger charge is -1.80. The molecule has 0 amide bonds. The number of aliphatic imine (C=N–C) groups is 1. The summed E-state index contributed by atoms with van der Waals surface area (Å²) < 4.78 is 0. The SMILES string of the molecule is C=N/C=C(\Cl)CCl.CCNC. The largest absolute Gasteiger partial charge is 0.320 e. The van der Waals surface area contributed by atoms with Gasteiger partial charge in [0, 0.05) is 6.20 Å². The van der Waals surface area contributed by atoms with Gasteiger partial charge in [0.05, 0.1) is 10.9 Å². The highest BCUT2D eigenvalue weighted by atomic mass is 35.5. The summed E-state index contributed by atoms with van der Waals surface area (Å²) >= 11 is 10.6. The Morgan fingerprint density at radius 2 is 2.18 bits per heavy atom. The van der Waals surface area contributed by atoms with Crippen LogP contribution in [0.5, 0.6) is 0 Å². The van der Waals surface area contributed by atoms with Crippen LogP contribution in [-0.2, 0) is 0 Å². The summed E-state index contributed by atoms with van der Waals surface area (Å²) in [5, 5.41) is 3.44. The zero-order chi connectivity index (χ0) is 9.11. The van der Waals surface area contributed by atoms with Crippen LogP contribution in [0.1, 0.15) is 6.92 Å². The molecule has 0 rings (SSSR count). The van der Waals surface area contributed by atoms with Crippen LogP contribution in [0.15, 0.2) is 16.2 Å². The van der Waals surface area contributed by atoms with Gasteiger partial charge >= 0.3 is 0 Å². The van der Waals surface area contributed by atoms with Crippen molar-refractivity contribution in [2.45, 2.75) is 6.92 Å². The van der Waals surface area contributed by atoms with Crippen LogP contribution >= 0.6 is 23.2 Å². The summed E-state index contributed by atoms with van der Waals surface area (Å²) in [4.78, 5) is 3.38. The van der Waals surface area contributed by atoms with Crippen LogP contribution < -0.4 is 5.32 Å². The number of alkyl halides is 1. The Labute approximate surface area is 78.3 Å². The molecule has 0 saturated heterocycles. The Balaban J connectivity index is 0. The monoisotopic (exact) mass is 196 g/mol. The van der Waals surface area contributed by atoms with E-state index in [1.54, 1.807) is 0 Å². The van der Waals surface area contributed by atoms with Crippen molar-refractivity contribution < 1.29 is 0 Å². The average molecular weight is 197 g/mol. The van der Waals surface area contributed by atoms with E-state index in [2.05, 4.69) is 24.0 Å². The molecule has 0 heterocycles. The van der Waals surface area contributed by atoms with Crippen molar-refractivity contribution in [3.05, 3.63) is 11.2 Å². The minimum Gasteiger partial charge on any atom is -0.320 e. The van der Waals surface area contributed by atoms with Crippen molar-refractivity contribution in [2.24, 2.45) is 4.99 Å². The molecule has 0 atom stereocenters. The highest BCUT2D eigenvalue weighted by molar-refractivity contribution is 6.35. The summed E-state index contributed by atoms with van der Waals surface area (Å²) in [6, 6.07) is 0. The molecule has 0 aromatic rings. The van der Waals surface area contributed by atoms with Crippen LogP contribution in [0.3, 0.4) is 0 Å². The fraction of sp³-hybridized carbons (Fsp3) is 0.571. The first kappa shape index (κ1) is 13.5. The predicted molar refractivity (Wildman–Crippen MR) is 53.8 cm³/mol. The summed E-state index contributed by atoms with van der Waals surface area (Å²) in [6.07, 6.45) is 1.41. The Morgan fingerprint density at radius 3 is 2.27 bits per heavy atom. The molecule has 0 aromatic carbocycles. The van der Waals surface area contributed by atoms with Crippen LogP contribution in [0.4, 0.5) is 0 Å². The minimum atomic E-state index is 0.306. The van der Waals surface area contributed by atoms with E-state index in [0.29, 0.717) is 10.9 Å². The lowest BCUT2D eigenvalue weighted by molar-refractivity contribution is 0.864. The maximum absolute atomic E-state index is 5.36. The summed E-state index contributed by atoms with van der Waals surface area (Å²) in [6.45, 7) is 6.32. The van der Waals surface area contributed by atoms with Crippen LogP contribution in [0.2, 0.25) is 0 Å². The van der Waals surface area contributed by atoms with E-state index >= 15 is 0 Å². The Hall–Kier alpha value is -0.0500. The van der Waals surface area contributed by atoms with Gasteiger partial charge in [-0.05, 0) is 20.3 Å². The highest BCUT2D eigenvalue weighted by Gasteiger charge is 1.81. The van der Waals surface area contributed by atoms with Crippen molar-refractivity contribution in [1.29, 1.82) is 0 Å². The van der Waals surface area contributed by atoms with E-state index in [-0.39, 0.29) is 0 Å². The number of nitrogens with one attached hydrogen (secondary N) is 1. The fourth-order valence-electron chi connectivity index (χ4n) is 0.134. The van der Waals surface area contributed by atoms with E-state index in [1.165, 1.54) is 6.20 Å². The van der Waals surface area contributed by atoms with Gasteiger partial charge in [-0.25, -0.2) is 0 Å². The van der Waals surface area contributed by atoms with Gasteiger partial charge in [0.25, 0.3) is 0 Å². The zero-order valence-electron chi connectivity index (χ0n) is 6.90. The van der Waals surface area contributed by atoms with Crippen molar-refractivity contribution >= 4 is 29.9 Å². The summed E-state index contributed by atoms with van der Waals surface area (Å²) in [7, 11) is 1.93. The molecule has 1 N–H and O–H groups in total. The minimum absolute atomic E-state index is 0.306. The zero-order valence-corrected chi connectivity index (χ0v) is 8.41. The molecular formula is C7H14Cl2N2. The van der Waals surface area contributed by atoms with Crippen LogP contribution in [0.25, 0.3) is 0 Å². The van der Waals surface area contributed by atoms with Crippen LogP contribution in [-0.4, -0.2) is 26.2 Å². The third-order valence-corrected chi connectivity index (χ3v) is 1.37. The molecule has 0 fully saturated rings. The second-order valence-corrected chi connectivity index (χ2v) is 2.35. The Kier molecular flexibility index (Phi) is 15.5. The lowest BCUT2D eigenvalue weighted by atomic mass is 10.7. The van der Waals surface area contributed by atoms with Gasteiger partial charge in [-0.15, -0.1) is 11.6 Å². The topological polar surface area (TPSA) is 24.4 Å². The first-order chi connectivity index (χ1) is 5.22. The third kappa shape index (κ3) is 17.8. The number of rotatable bonds is 3. The maximum atomic E-state index is 5.36. The second kappa shape index (κ2) is 12.6. The van der Waals surface area contributed by atoms with Crippen molar-refractivity contribution in [2.75, 3.05) is 19.5 Å². The van der Waals surface area contributed by atoms with Gasteiger partial charge in [-0.1, -0.05) is 18.5 Å². The van der Waals surface area contributed by atoms with Gasteiger partial charge in [0.1, 0.15) is 0 Å². The second-order valence-electron chi connectivity index (χ2n) is 1.60. The van der Waals surface area contributed by atoms with E-state index in [1.807, 2.05) is 7.05 Å². The lowest BCUT2D eigenvalue weighted by Crippen LogP contribution is -2.01. The average Bonchev–Trinajstić information content (AvgIpc) is 2.05. The molecule has 0 aromatic heterocycles. The van der Waals surface area contributed by atoms with E-state index < -0.39 is 0 Å². The first-order valence-electron chi connectivity index (χ1n) is 3.23. The summed E-state index contributed by atoms with van der Waals surface area (Å²) in [5.41, 5.74) is 0. The molecule has 0 radical (unpaired) electrons. The molecule has 0 saturated carbocycles. The number of hydrogen-bond donors (Lipinski definition) is 1. The molecule has 0 aliphatic carbocycles. The van der Waals surface area contributed by atoms with Gasteiger partial charge in [0.2, 0.25) is 0 Å². The van der Waals surface area contributed by atoms with Crippen molar-refractivity contribution in [3.63, 3.8) is 0 Å². The van der Waals surface area contributed by atoms with E-state index in [9.17, 15) is 0 Å². The van der Waals surface area contributed by atoms with Gasteiger partial charge in [-0.3, -0.25) is 4.99 Å². The number of allylic oxidation sites excluding steroid dienone is 1. The first-order valence-corrected chi connectivity index (χ1v) is 4.15. The normalized spacial score (nSPS) is 10.0. The predicted octanol–water partition coefficient (Wildman–Crippen LogP) is 2.23. The molecule has 4 heteroatoms. The molecule has 0 spiro atoms. The molecule has 0 aliphatic heterocycles. The molecule has 0 bridgehead atoms. The highest BCUT2D eigenvalue weighted by Crippen LogP contribution is 2.01. The molecular weight excluding hydrogens is 183 g/mol. The Morgan fingerprint density at radius 1 is 1.73 bits per heavy atom. The fourth-order valence-corrected chi connectivity index (χ4v) is 0.272. The van der Waals surface area contributed by atoms with Crippen molar-refractivity contribution in [3.8, 4) is 0 Å². The van der Waals surface area contributed by atoms with Gasteiger partial charge < -0.3 is 5.32 Å². The van der Waals surface area contributed by atoms with E-state index in [4.69, 9.17) is 23.2 Å². The Bertz CT molecular complexity index is 111. The molecule has 11 heavy (non-hydrogen) atoms. The number of hydrogen-bond acceptors (Lipinski definition) is 2. The smallest absolute Gasteiger partial charge is 0.0597 e. The van der Waals surface area contributed by atoms with Gasteiger partial charge in [-0.2, -0.15) is 0 Å². The van der Waals surface area contributed by atoms with Crippen molar-refractivity contribution in [1.82, 2.24) is 5.32 Å². The quantitative estimate of drug-likeness (QED) is 0.544. The molecule has 66 valence electrons. The number of nitrogens with zero attached hydrogens (tertiary/aromatic N) is 1. The molecule has 2 nitrogen and oxygen atoms in total. The standard InChI is InChI=1S/C4H5Cl2N.C3H9N/c1-7-3-4(6)2-5;1-3-4-2/h3H,1-2H2;4H,3H2,1-2H3/b4-3-;. The third-order valence-electron chi connectivity index (χ3n) is 0.713. The maximum Gasteiger partial charge on any atom is 0.0597 e. The summed E-state index contributed by atoms with van der Waals surface area (Å²) in [5.74, 6) is 0.306. The van der Waals surface area contributed by atoms with E-state index in [0.717, 1.165) is 6.54 Å². The number of halogens is 2. The molecule has 0 aliphatic rings. The van der Waals surface area contributed by atoms with Gasteiger partial charge in [0.15, 0.2) is 0 Å². The van der Waals surface area contributed by atoms with Crippen LogP contribution in [0, 0.1) is 0 Å².